The summed E-state index contributed by atoms with van der Waals surface area (Å²) in [4.78, 5) is 44.7. The molecule has 9 heteroatoms. The van der Waals surface area contributed by atoms with E-state index in [0.717, 1.165) is 24.9 Å². The van der Waals surface area contributed by atoms with Crippen LogP contribution in [0, 0.1) is 5.82 Å². The predicted octanol–water partition coefficient (Wildman–Crippen LogP) is 4.33. The number of piperidine rings is 1. The van der Waals surface area contributed by atoms with Crippen molar-refractivity contribution in [2.24, 2.45) is 0 Å². The lowest BCUT2D eigenvalue weighted by molar-refractivity contribution is 0.0724. The van der Waals surface area contributed by atoms with Crippen molar-refractivity contribution in [2.75, 3.05) is 49.5 Å². The predicted molar refractivity (Wildman–Crippen MR) is 143 cm³/mol. The molecular formula is C28H36FN5O3. The van der Waals surface area contributed by atoms with E-state index in [1.54, 1.807) is 23.1 Å². The van der Waals surface area contributed by atoms with Gasteiger partial charge in [0.2, 0.25) is 0 Å². The summed E-state index contributed by atoms with van der Waals surface area (Å²) in [5, 5.41) is 5.74. The molecule has 8 nitrogen and oxygen atoms in total. The molecule has 0 bridgehead atoms. The lowest BCUT2D eigenvalue weighted by Gasteiger charge is -2.38. The van der Waals surface area contributed by atoms with E-state index in [4.69, 9.17) is 0 Å². The van der Waals surface area contributed by atoms with Gasteiger partial charge in [0.05, 0.1) is 11.1 Å². The molecule has 2 heterocycles. The van der Waals surface area contributed by atoms with Crippen molar-refractivity contribution in [1.29, 1.82) is 0 Å². The SMILES string of the molecule is CC(C)(C)NC(=O)N1CCN(c2ccc(NC(=O)c3ccccc3F)cc2C(=O)N2CCCCC2)CC1. The van der Waals surface area contributed by atoms with E-state index in [9.17, 15) is 18.8 Å². The zero-order chi connectivity index (χ0) is 26.6. The van der Waals surface area contributed by atoms with Gasteiger partial charge in [-0.05, 0) is 70.4 Å². The van der Waals surface area contributed by atoms with Gasteiger partial charge in [-0.3, -0.25) is 9.59 Å². The topological polar surface area (TPSA) is 85.0 Å². The first kappa shape index (κ1) is 26.4. The molecule has 2 aliphatic heterocycles. The summed E-state index contributed by atoms with van der Waals surface area (Å²) < 4.78 is 14.1. The fourth-order valence-electron chi connectivity index (χ4n) is 4.72. The normalized spacial score (nSPS) is 16.4. The summed E-state index contributed by atoms with van der Waals surface area (Å²) in [5.74, 6) is -1.25. The van der Waals surface area contributed by atoms with E-state index >= 15 is 0 Å². The van der Waals surface area contributed by atoms with E-state index in [1.807, 2.05) is 31.7 Å². The number of halogens is 1. The minimum atomic E-state index is -0.602. The molecule has 2 aromatic carbocycles. The highest BCUT2D eigenvalue weighted by Crippen LogP contribution is 2.28. The summed E-state index contributed by atoms with van der Waals surface area (Å²) >= 11 is 0. The van der Waals surface area contributed by atoms with Crippen LogP contribution in [0.15, 0.2) is 42.5 Å². The Morgan fingerprint density at radius 2 is 1.49 bits per heavy atom. The second kappa shape index (κ2) is 11.2. The number of piperazine rings is 1. The highest BCUT2D eigenvalue weighted by Gasteiger charge is 2.28. The molecular weight excluding hydrogens is 473 g/mol. The van der Waals surface area contributed by atoms with Crippen LogP contribution in [-0.4, -0.2) is 72.5 Å². The van der Waals surface area contributed by atoms with Crippen LogP contribution >= 0.6 is 0 Å². The maximum absolute atomic E-state index is 14.1. The van der Waals surface area contributed by atoms with Crippen LogP contribution in [0.25, 0.3) is 0 Å². The first-order chi connectivity index (χ1) is 17.6. The second-order valence-electron chi connectivity index (χ2n) is 10.7. The molecule has 0 atom stereocenters. The monoisotopic (exact) mass is 509 g/mol. The van der Waals surface area contributed by atoms with E-state index in [-0.39, 0.29) is 23.0 Å². The molecule has 2 fully saturated rings. The molecule has 4 amide bonds. The molecule has 2 N–H and O–H groups in total. The summed E-state index contributed by atoms with van der Waals surface area (Å²) in [7, 11) is 0. The largest absolute Gasteiger partial charge is 0.367 e. The van der Waals surface area contributed by atoms with Crippen LogP contribution in [0.1, 0.15) is 60.7 Å². The fourth-order valence-corrected chi connectivity index (χ4v) is 4.72. The lowest BCUT2D eigenvalue weighted by Crippen LogP contribution is -2.55. The van der Waals surface area contributed by atoms with Gasteiger partial charge in [0.25, 0.3) is 11.8 Å². The van der Waals surface area contributed by atoms with Gasteiger partial charge in [-0.15, -0.1) is 0 Å². The number of hydrogen-bond donors (Lipinski definition) is 2. The first-order valence-corrected chi connectivity index (χ1v) is 12.9. The van der Waals surface area contributed by atoms with Crippen molar-refractivity contribution in [3.05, 3.63) is 59.4 Å². The minimum absolute atomic E-state index is 0.0554. The fraction of sp³-hybridized carbons (Fsp3) is 0.464. The Morgan fingerprint density at radius 3 is 2.14 bits per heavy atom. The molecule has 0 saturated carbocycles. The Bertz CT molecular complexity index is 1150. The van der Waals surface area contributed by atoms with E-state index in [2.05, 4.69) is 15.5 Å². The third-order valence-electron chi connectivity index (χ3n) is 6.64. The van der Waals surface area contributed by atoms with Crippen LogP contribution in [0.2, 0.25) is 0 Å². The maximum atomic E-state index is 14.1. The molecule has 4 rings (SSSR count). The number of hydrogen-bond acceptors (Lipinski definition) is 4. The summed E-state index contributed by atoms with van der Waals surface area (Å²) in [6.07, 6.45) is 3.03. The summed E-state index contributed by atoms with van der Waals surface area (Å²) in [6.45, 7) is 9.48. The summed E-state index contributed by atoms with van der Waals surface area (Å²) in [6, 6.07) is 11.0. The maximum Gasteiger partial charge on any atom is 0.317 e. The van der Waals surface area contributed by atoms with Gasteiger partial charge in [-0.2, -0.15) is 0 Å². The van der Waals surface area contributed by atoms with Crippen molar-refractivity contribution in [3.8, 4) is 0 Å². The number of likely N-dealkylation sites (tertiary alicyclic amines) is 1. The van der Waals surface area contributed by atoms with Crippen LogP contribution in [0.5, 0.6) is 0 Å². The number of benzene rings is 2. The van der Waals surface area contributed by atoms with Crippen molar-refractivity contribution < 1.29 is 18.8 Å². The van der Waals surface area contributed by atoms with Crippen LogP contribution in [-0.2, 0) is 0 Å². The molecule has 37 heavy (non-hydrogen) atoms. The van der Waals surface area contributed by atoms with Crippen molar-refractivity contribution in [1.82, 2.24) is 15.1 Å². The van der Waals surface area contributed by atoms with Gasteiger partial charge in [-0.25, -0.2) is 9.18 Å². The molecule has 0 unspecified atom stereocenters. The molecule has 0 aliphatic carbocycles. The van der Waals surface area contributed by atoms with Crippen molar-refractivity contribution in [2.45, 2.75) is 45.6 Å². The van der Waals surface area contributed by atoms with Gasteiger partial charge < -0.3 is 25.3 Å². The van der Waals surface area contributed by atoms with Crippen LogP contribution in [0.4, 0.5) is 20.6 Å². The average Bonchev–Trinajstić information content (AvgIpc) is 2.88. The molecule has 0 radical (unpaired) electrons. The Hall–Kier alpha value is -3.62. The summed E-state index contributed by atoms with van der Waals surface area (Å²) in [5.41, 5.74) is 1.34. The van der Waals surface area contributed by atoms with Crippen LogP contribution < -0.4 is 15.5 Å². The standard InChI is InChI=1S/C28H36FN5O3/c1-28(2,3)31-27(37)34-17-15-32(16-18-34)24-12-11-20(30-25(35)21-9-5-6-10-23(21)29)19-22(24)26(36)33-13-7-4-8-14-33/h5-6,9-12,19H,4,7-8,13-18H2,1-3H3,(H,30,35)(H,31,37). The number of anilines is 2. The number of amides is 4. The number of carbonyl (C=O) groups is 3. The Morgan fingerprint density at radius 1 is 0.811 bits per heavy atom. The Kier molecular flexibility index (Phi) is 8.00. The number of urea groups is 1. The molecule has 198 valence electrons. The van der Waals surface area contributed by atoms with Gasteiger partial charge in [-0.1, -0.05) is 12.1 Å². The highest BCUT2D eigenvalue weighted by molar-refractivity contribution is 6.06. The number of nitrogens with one attached hydrogen (secondary N) is 2. The number of carbonyl (C=O) groups excluding carboxylic acids is 3. The minimum Gasteiger partial charge on any atom is -0.367 e. The quantitative estimate of drug-likeness (QED) is 0.643. The number of nitrogens with zero attached hydrogens (tertiary/aromatic N) is 3. The Labute approximate surface area is 217 Å². The molecule has 0 spiro atoms. The van der Waals surface area contributed by atoms with Crippen LogP contribution in [0.3, 0.4) is 0 Å². The van der Waals surface area contributed by atoms with Gasteiger partial charge >= 0.3 is 6.03 Å². The Balaban J connectivity index is 1.55. The number of rotatable bonds is 4. The third kappa shape index (κ3) is 6.58. The smallest absolute Gasteiger partial charge is 0.317 e. The lowest BCUT2D eigenvalue weighted by atomic mass is 10.0. The zero-order valence-corrected chi connectivity index (χ0v) is 21.8. The van der Waals surface area contributed by atoms with E-state index in [1.165, 1.54) is 18.2 Å². The molecule has 0 aromatic heterocycles. The molecule has 2 aromatic rings. The highest BCUT2D eigenvalue weighted by atomic mass is 19.1. The molecule has 2 saturated heterocycles. The zero-order valence-electron chi connectivity index (χ0n) is 21.8. The van der Waals surface area contributed by atoms with Gasteiger partial charge in [0.15, 0.2) is 0 Å². The van der Waals surface area contributed by atoms with Gasteiger partial charge in [0, 0.05) is 56.2 Å². The van der Waals surface area contributed by atoms with E-state index < -0.39 is 11.7 Å². The average molecular weight is 510 g/mol. The first-order valence-electron chi connectivity index (χ1n) is 12.9. The third-order valence-corrected chi connectivity index (χ3v) is 6.64. The van der Waals surface area contributed by atoms with Crippen molar-refractivity contribution in [3.63, 3.8) is 0 Å². The van der Waals surface area contributed by atoms with Gasteiger partial charge in [0.1, 0.15) is 5.82 Å². The van der Waals surface area contributed by atoms with Crippen molar-refractivity contribution >= 4 is 29.2 Å². The second-order valence-corrected chi connectivity index (χ2v) is 10.7. The van der Waals surface area contributed by atoms with E-state index in [0.29, 0.717) is 50.5 Å². The molecule has 2 aliphatic rings.